The Morgan fingerprint density at radius 1 is 1.05 bits per heavy atom. The van der Waals surface area contributed by atoms with Gasteiger partial charge in [0.1, 0.15) is 5.82 Å². The van der Waals surface area contributed by atoms with Crippen LogP contribution in [0.1, 0.15) is 0 Å². The molecule has 2 aromatic carbocycles. The topological polar surface area (TPSA) is 92.5 Å². The Balaban J connectivity index is 1.82. The molecule has 0 amide bonds. The molecule has 6 heteroatoms. The van der Waals surface area contributed by atoms with Crippen molar-refractivity contribution >= 4 is 39.3 Å². The molecular weight excluding hydrogens is 264 g/mol. The molecule has 102 valence electrons. The van der Waals surface area contributed by atoms with E-state index in [9.17, 15) is 0 Å². The first-order valence-corrected chi connectivity index (χ1v) is 6.52. The van der Waals surface area contributed by atoms with Crippen molar-refractivity contribution < 1.29 is 0 Å². The van der Waals surface area contributed by atoms with E-state index in [0.717, 1.165) is 27.5 Å². The minimum absolute atomic E-state index is 0.251. The van der Waals surface area contributed by atoms with Crippen LogP contribution in [0.3, 0.4) is 0 Å². The molecule has 4 rings (SSSR count). The van der Waals surface area contributed by atoms with Gasteiger partial charge < -0.3 is 11.1 Å². The lowest BCUT2D eigenvalue weighted by molar-refractivity contribution is 1.12. The van der Waals surface area contributed by atoms with E-state index in [1.54, 1.807) is 6.20 Å². The second-order valence-electron chi connectivity index (χ2n) is 4.74. The first-order chi connectivity index (χ1) is 10.3. The molecule has 0 fully saturated rings. The maximum absolute atomic E-state index is 5.78. The molecule has 4 aromatic rings. The predicted molar refractivity (Wildman–Crippen MR) is 83.3 cm³/mol. The summed E-state index contributed by atoms with van der Waals surface area (Å²) in [7, 11) is 0. The van der Waals surface area contributed by atoms with E-state index in [1.807, 2.05) is 42.5 Å². The molecule has 0 saturated heterocycles. The lowest BCUT2D eigenvalue weighted by Crippen LogP contribution is -2.01. The Morgan fingerprint density at radius 2 is 1.95 bits per heavy atom. The van der Waals surface area contributed by atoms with Crippen LogP contribution in [0.2, 0.25) is 0 Å². The van der Waals surface area contributed by atoms with Crippen LogP contribution in [0, 0.1) is 0 Å². The molecule has 0 aliphatic heterocycles. The number of nitrogens with zero attached hydrogens (tertiary/aromatic N) is 3. The van der Waals surface area contributed by atoms with Crippen LogP contribution in [0.5, 0.6) is 0 Å². The molecule has 0 bridgehead atoms. The second kappa shape index (κ2) is 4.45. The third kappa shape index (κ3) is 2.02. The Morgan fingerprint density at radius 3 is 2.90 bits per heavy atom. The number of aromatic nitrogens is 4. The zero-order valence-corrected chi connectivity index (χ0v) is 11.0. The van der Waals surface area contributed by atoms with Gasteiger partial charge in [0.15, 0.2) is 0 Å². The van der Waals surface area contributed by atoms with Crippen molar-refractivity contribution in [3.05, 3.63) is 48.7 Å². The molecular formula is C15H12N6. The highest BCUT2D eigenvalue weighted by Gasteiger charge is 2.06. The summed E-state index contributed by atoms with van der Waals surface area (Å²) >= 11 is 0. The van der Waals surface area contributed by atoms with Crippen LogP contribution in [0.4, 0.5) is 17.5 Å². The molecule has 6 nitrogen and oxygen atoms in total. The maximum atomic E-state index is 5.78. The first kappa shape index (κ1) is 11.7. The summed E-state index contributed by atoms with van der Waals surface area (Å²) in [4.78, 5) is 8.53. The van der Waals surface area contributed by atoms with Crippen molar-refractivity contribution in [1.29, 1.82) is 0 Å². The number of nitrogens with two attached hydrogens (primary N) is 1. The molecule has 0 spiro atoms. The number of benzene rings is 2. The number of hydrogen-bond donors (Lipinski definition) is 3. The molecule has 0 atom stereocenters. The normalized spacial score (nSPS) is 11.0. The van der Waals surface area contributed by atoms with Gasteiger partial charge in [0, 0.05) is 16.5 Å². The van der Waals surface area contributed by atoms with E-state index in [1.165, 1.54) is 0 Å². The number of aromatic amines is 1. The summed E-state index contributed by atoms with van der Waals surface area (Å²) in [6.45, 7) is 0. The molecule has 2 aromatic heterocycles. The average molecular weight is 276 g/mol. The molecule has 0 aliphatic rings. The SMILES string of the molecule is Nc1nc(Nc2ccc3[nH]ncc3c2)c2ccccc2n1. The molecule has 0 radical (unpaired) electrons. The van der Waals surface area contributed by atoms with Crippen molar-refractivity contribution in [3.63, 3.8) is 0 Å². The third-order valence-corrected chi connectivity index (χ3v) is 3.32. The fourth-order valence-electron chi connectivity index (χ4n) is 2.35. The van der Waals surface area contributed by atoms with Crippen molar-refractivity contribution in [2.75, 3.05) is 11.1 Å². The van der Waals surface area contributed by atoms with Crippen LogP contribution >= 0.6 is 0 Å². The molecule has 21 heavy (non-hydrogen) atoms. The summed E-state index contributed by atoms with van der Waals surface area (Å²) in [5.74, 6) is 0.946. The van der Waals surface area contributed by atoms with E-state index >= 15 is 0 Å². The van der Waals surface area contributed by atoms with Gasteiger partial charge >= 0.3 is 0 Å². The van der Waals surface area contributed by atoms with Gasteiger partial charge in [-0.3, -0.25) is 5.10 Å². The predicted octanol–water partition coefficient (Wildman–Crippen LogP) is 2.83. The largest absolute Gasteiger partial charge is 0.368 e. The molecule has 0 saturated carbocycles. The quantitative estimate of drug-likeness (QED) is 0.523. The minimum atomic E-state index is 0.251. The highest BCUT2D eigenvalue weighted by Crippen LogP contribution is 2.25. The third-order valence-electron chi connectivity index (χ3n) is 3.32. The van der Waals surface area contributed by atoms with E-state index < -0.39 is 0 Å². The van der Waals surface area contributed by atoms with Gasteiger partial charge in [-0.2, -0.15) is 10.1 Å². The number of rotatable bonds is 2. The maximum Gasteiger partial charge on any atom is 0.222 e. The Hall–Kier alpha value is -3.15. The monoisotopic (exact) mass is 276 g/mol. The Labute approximate surface area is 120 Å². The number of fused-ring (bicyclic) bond motifs is 2. The molecule has 0 unspecified atom stereocenters. The van der Waals surface area contributed by atoms with E-state index in [-0.39, 0.29) is 5.95 Å². The van der Waals surface area contributed by atoms with Gasteiger partial charge in [-0.05, 0) is 30.3 Å². The van der Waals surface area contributed by atoms with E-state index in [0.29, 0.717) is 5.82 Å². The lowest BCUT2D eigenvalue weighted by Gasteiger charge is -2.09. The summed E-state index contributed by atoms with van der Waals surface area (Å²) in [5.41, 5.74) is 8.51. The Kier molecular flexibility index (Phi) is 2.47. The zero-order valence-electron chi connectivity index (χ0n) is 11.0. The van der Waals surface area contributed by atoms with Crippen molar-refractivity contribution in [1.82, 2.24) is 20.2 Å². The average Bonchev–Trinajstić information content (AvgIpc) is 2.94. The van der Waals surface area contributed by atoms with Crippen molar-refractivity contribution in [3.8, 4) is 0 Å². The van der Waals surface area contributed by atoms with Crippen LogP contribution in [0.15, 0.2) is 48.7 Å². The van der Waals surface area contributed by atoms with Crippen LogP contribution in [-0.2, 0) is 0 Å². The molecule has 0 aliphatic carbocycles. The fourth-order valence-corrected chi connectivity index (χ4v) is 2.35. The van der Waals surface area contributed by atoms with E-state index in [2.05, 4.69) is 25.5 Å². The van der Waals surface area contributed by atoms with Crippen LogP contribution in [-0.4, -0.2) is 20.2 Å². The lowest BCUT2D eigenvalue weighted by atomic mass is 10.2. The number of nitrogen functional groups attached to an aromatic ring is 1. The number of H-pyrrole nitrogens is 1. The summed E-state index contributed by atoms with van der Waals surface area (Å²) < 4.78 is 0. The second-order valence-corrected chi connectivity index (χ2v) is 4.74. The smallest absolute Gasteiger partial charge is 0.222 e. The van der Waals surface area contributed by atoms with Gasteiger partial charge in [-0.1, -0.05) is 12.1 Å². The van der Waals surface area contributed by atoms with E-state index in [4.69, 9.17) is 5.73 Å². The van der Waals surface area contributed by atoms with Crippen LogP contribution < -0.4 is 11.1 Å². The van der Waals surface area contributed by atoms with Gasteiger partial charge in [0.2, 0.25) is 5.95 Å². The highest BCUT2D eigenvalue weighted by molar-refractivity contribution is 5.92. The molecule has 2 heterocycles. The summed E-state index contributed by atoms with van der Waals surface area (Å²) in [6.07, 6.45) is 1.78. The van der Waals surface area contributed by atoms with Gasteiger partial charge in [0.25, 0.3) is 0 Å². The molecule has 4 N–H and O–H groups in total. The standard InChI is InChI=1S/C15H12N6/c16-15-19-13-4-2-1-3-11(13)14(20-15)18-10-5-6-12-9(7-10)8-17-21-12/h1-8H,(H,17,21)(H3,16,18,19,20). The number of nitrogens with one attached hydrogen (secondary N) is 2. The first-order valence-electron chi connectivity index (χ1n) is 6.52. The van der Waals surface area contributed by atoms with Gasteiger partial charge in [0.05, 0.1) is 17.2 Å². The minimum Gasteiger partial charge on any atom is -0.368 e. The number of hydrogen-bond acceptors (Lipinski definition) is 5. The summed E-state index contributed by atoms with van der Waals surface area (Å²) in [6, 6.07) is 13.7. The van der Waals surface area contributed by atoms with Gasteiger partial charge in [-0.25, -0.2) is 4.98 Å². The summed E-state index contributed by atoms with van der Waals surface area (Å²) in [5, 5.41) is 12.2. The number of para-hydroxylation sites is 1. The number of anilines is 3. The van der Waals surface area contributed by atoms with Crippen molar-refractivity contribution in [2.24, 2.45) is 0 Å². The van der Waals surface area contributed by atoms with Crippen LogP contribution in [0.25, 0.3) is 21.8 Å². The zero-order chi connectivity index (χ0) is 14.2. The Bertz CT molecular complexity index is 943. The van der Waals surface area contributed by atoms with Crippen molar-refractivity contribution in [2.45, 2.75) is 0 Å². The van der Waals surface area contributed by atoms with Gasteiger partial charge in [-0.15, -0.1) is 0 Å². The highest BCUT2D eigenvalue weighted by atomic mass is 15.1. The fraction of sp³-hybridized carbons (Fsp3) is 0.